The Balaban J connectivity index is 1.17. The maximum Gasteiger partial charge on any atom is 0.275 e. The minimum Gasteiger partial charge on any atom is -0.321 e. The Hall–Kier alpha value is -4.11. The van der Waals surface area contributed by atoms with Gasteiger partial charge in [-0.25, -0.2) is 14.6 Å². The number of thiazole rings is 1. The number of para-hydroxylation sites is 1. The first-order valence-corrected chi connectivity index (χ1v) is 11.5. The number of anilines is 1. The average molecular weight is 454 g/mol. The highest BCUT2D eigenvalue weighted by Gasteiger charge is 2.27. The molecule has 0 aliphatic heterocycles. The first-order valence-electron chi connectivity index (χ1n) is 10.6. The van der Waals surface area contributed by atoms with Crippen LogP contribution < -0.4 is 5.32 Å². The SMILES string of the molecule is O=C(Nc1cccc(-c2n[nH]c(C3CC3)n2)c1)c1csc(-c2cnn(-c3ccccc3)c2)n1. The lowest BCUT2D eigenvalue weighted by Crippen LogP contribution is -2.12. The smallest absolute Gasteiger partial charge is 0.275 e. The van der Waals surface area contributed by atoms with E-state index >= 15 is 0 Å². The largest absolute Gasteiger partial charge is 0.321 e. The third-order valence-electron chi connectivity index (χ3n) is 5.43. The summed E-state index contributed by atoms with van der Waals surface area (Å²) in [5, 5.41) is 17.2. The van der Waals surface area contributed by atoms with Crippen LogP contribution in [0.3, 0.4) is 0 Å². The van der Waals surface area contributed by atoms with Crippen LogP contribution >= 0.6 is 11.3 Å². The van der Waals surface area contributed by atoms with Crippen LogP contribution in [-0.4, -0.2) is 35.9 Å². The van der Waals surface area contributed by atoms with Gasteiger partial charge in [0.2, 0.25) is 0 Å². The number of nitrogens with zero attached hydrogens (tertiary/aromatic N) is 5. The fourth-order valence-electron chi connectivity index (χ4n) is 3.54. The van der Waals surface area contributed by atoms with Gasteiger partial charge in [0, 0.05) is 34.3 Å². The molecule has 2 aromatic carbocycles. The molecule has 8 nitrogen and oxygen atoms in total. The van der Waals surface area contributed by atoms with Gasteiger partial charge >= 0.3 is 0 Å². The predicted molar refractivity (Wildman–Crippen MR) is 126 cm³/mol. The molecule has 0 radical (unpaired) electrons. The van der Waals surface area contributed by atoms with Crippen LogP contribution in [0.2, 0.25) is 0 Å². The van der Waals surface area contributed by atoms with Gasteiger partial charge in [-0.2, -0.15) is 10.2 Å². The number of hydrogen-bond acceptors (Lipinski definition) is 6. The standard InChI is InChI=1S/C24H19N7OS/c32-23(26-18-6-4-5-16(11-18)22-28-21(29-30-22)15-9-10-15)20-14-33-24(27-20)17-12-25-31(13-17)19-7-2-1-3-8-19/h1-8,11-15H,9-10H2,(H,26,32)(H,28,29,30). The first kappa shape index (κ1) is 19.6. The number of rotatable bonds is 6. The van der Waals surface area contributed by atoms with Crippen LogP contribution in [-0.2, 0) is 0 Å². The van der Waals surface area contributed by atoms with Crippen LogP contribution in [0.5, 0.6) is 0 Å². The Labute approximate surface area is 193 Å². The normalized spacial score (nSPS) is 13.2. The molecule has 1 amide bonds. The molecule has 1 aliphatic rings. The molecular formula is C24H19N7OS. The predicted octanol–water partition coefficient (Wildman–Crippen LogP) is 4.91. The summed E-state index contributed by atoms with van der Waals surface area (Å²) in [5.74, 6) is 1.82. The molecule has 6 rings (SSSR count). The van der Waals surface area contributed by atoms with Crippen LogP contribution in [0.4, 0.5) is 5.69 Å². The van der Waals surface area contributed by atoms with Crippen molar-refractivity contribution in [3.05, 3.63) is 83.9 Å². The number of aromatic nitrogens is 6. The van der Waals surface area contributed by atoms with Crippen molar-refractivity contribution in [3.63, 3.8) is 0 Å². The minimum atomic E-state index is -0.265. The topological polar surface area (TPSA) is 101 Å². The minimum absolute atomic E-state index is 0.265. The van der Waals surface area contributed by atoms with Crippen LogP contribution in [0.25, 0.3) is 27.6 Å². The van der Waals surface area contributed by atoms with E-state index in [-0.39, 0.29) is 5.91 Å². The van der Waals surface area contributed by atoms with E-state index in [2.05, 4.69) is 30.6 Å². The summed E-state index contributed by atoms with van der Waals surface area (Å²) in [6, 6.07) is 17.4. The van der Waals surface area contributed by atoms with Gasteiger partial charge in [0.1, 0.15) is 16.5 Å². The number of aromatic amines is 1. The van der Waals surface area contributed by atoms with Gasteiger partial charge in [0.05, 0.1) is 11.9 Å². The quantitative estimate of drug-likeness (QED) is 0.380. The van der Waals surface area contributed by atoms with E-state index < -0.39 is 0 Å². The van der Waals surface area contributed by atoms with Crippen molar-refractivity contribution in [2.45, 2.75) is 18.8 Å². The number of carbonyl (C=O) groups is 1. The van der Waals surface area contributed by atoms with Crippen molar-refractivity contribution in [2.24, 2.45) is 0 Å². The summed E-state index contributed by atoms with van der Waals surface area (Å²) in [6.07, 6.45) is 5.98. The molecule has 3 heterocycles. The highest BCUT2D eigenvalue weighted by atomic mass is 32.1. The van der Waals surface area contributed by atoms with Crippen molar-refractivity contribution in [2.75, 3.05) is 5.32 Å². The van der Waals surface area contributed by atoms with E-state index in [9.17, 15) is 4.79 Å². The highest BCUT2D eigenvalue weighted by Crippen LogP contribution is 2.38. The lowest BCUT2D eigenvalue weighted by atomic mass is 10.2. The summed E-state index contributed by atoms with van der Waals surface area (Å²) < 4.78 is 1.79. The maximum absolute atomic E-state index is 12.8. The van der Waals surface area contributed by atoms with E-state index in [0.717, 1.165) is 40.5 Å². The summed E-state index contributed by atoms with van der Waals surface area (Å²) in [4.78, 5) is 21.9. The molecule has 1 aliphatic carbocycles. The maximum atomic E-state index is 12.8. The molecule has 0 atom stereocenters. The Morgan fingerprint density at radius 2 is 1.94 bits per heavy atom. The molecule has 9 heteroatoms. The van der Waals surface area contributed by atoms with E-state index in [4.69, 9.17) is 0 Å². The fourth-order valence-corrected chi connectivity index (χ4v) is 4.32. The van der Waals surface area contributed by atoms with Gasteiger partial charge in [0.25, 0.3) is 5.91 Å². The van der Waals surface area contributed by atoms with Crippen LogP contribution in [0.1, 0.15) is 35.1 Å². The Kier molecular flexibility index (Phi) is 4.80. The van der Waals surface area contributed by atoms with Gasteiger partial charge in [-0.3, -0.25) is 9.89 Å². The van der Waals surface area contributed by atoms with E-state index in [1.165, 1.54) is 11.3 Å². The van der Waals surface area contributed by atoms with Gasteiger partial charge in [0.15, 0.2) is 5.82 Å². The highest BCUT2D eigenvalue weighted by molar-refractivity contribution is 7.13. The molecule has 33 heavy (non-hydrogen) atoms. The Morgan fingerprint density at radius 1 is 1.06 bits per heavy atom. The second-order valence-electron chi connectivity index (χ2n) is 7.90. The second-order valence-corrected chi connectivity index (χ2v) is 8.76. The lowest BCUT2D eigenvalue weighted by Gasteiger charge is -2.04. The van der Waals surface area contributed by atoms with Crippen molar-refractivity contribution in [3.8, 4) is 27.6 Å². The number of nitrogens with one attached hydrogen (secondary N) is 2. The third kappa shape index (κ3) is 4.06. The number of carbonyl (C=O) groups excluding carboxylic acids is 1. The molecular weight excluding hydrogens is 434 g/mol. The molecule has 3 aromatic heterocycles. The Morgan fingerprint density at radius 3 is 2.79 bits per heavy atom. The van der Waals surface area contributed by atoms with Gasteiger partial charge in [-0.1, -0.05) is 30.3 Å². The van der Waals surface area contributed by atoms with Gasteiger partial charge in [-0.05, 0) is 37.1 Å². The molecule has 0 spiro atoms. The second kappa shape index (κ2) is 8.10. The van der Waals surface area contributed by atoms with Gasteiger partial charge in [-0.15, -0.1) is 11.3 Å². The van der Waals surface area contributed by atoms with Gasteiger partial charge < -0.3 is 5.32 Å². The van der Waals surface area contributed by atoms with E-state index in [0.29, 0.717) is 23.1 Å². The Bertz CT molecular complexity index is 1430. The summed E-state index contributed by atoms with van der Waals surface area (Å²) in [6.45, 7) is 0. The lowest BCUT2D eigenvalue weighted by molar-refractivity contribution is 0.102. The molecule has 0 bridgehead atoms. The van der Waals surface area contributed by atoms with Crippen molar-refractivity contribution >= 4 is 22.9 Å². The zero-order valence-electron chi connectivity index (χ0n) is 17.5. The molecule has 1 saturated carbocycles. The summed E-state index contributed by atoms with van der Waals surface area (Å²) in [7, 11) is 0. The van der Waals surface area contributed by atoms with Crippen molar-refractivity contribution in [1.29, 1.82) is 0 Å². The number of benzene rings is 2. The fraction of sp³-hybridized carbons (Fsp3) is 0.125. The first-order chi connectivity index (χ1) is 16.2. The zero-order chi connectivity index (χ0) is 22.2. The monoisotopic (exact) mass is 453 g/mol. The summed E-state index contributed by atoms with van der Waals surface area (Å²) >= 11 is 1.41. The average Bonchev–Trinajstić information content (AvgIpc) is 3.26. The molecule has 1 fully saturated rings. The molecule has 0 saturated heterocycles. The van der Waals surface area contributed by atoms with Crippen molar-refractivity contribution < 1.29 is 4.79 Å². The summed E-state index contributed by atoms with van der Waals surface area (Å²) in [5.41, 5.74) is 3.71. The van der Waals surface area contributed by atoms with Crippen LogP contribution in [0, 0.1) is 0 Å². The molecule has 0 unspecified atom stereocenters. The molecule has 162 valence electrons. The number of hydrogen-bond donors (Lipinski definition) is 2. The molecule has 5 aromatic rings. The molecule has 2 N–H and O–H groups in total. The zero-order valence-corrected chi connectivity index (χ0v) is 18.3. The van der Waals surface area contributed by atoms with Crippen LogP contribution in [0.15, 0.2) is 72.4 Å². The number of H-pyrrole nitrogens is 1. The van der Waals surface area contributed by atoms with E-state index in [1.54, 1.807) is 16.3 Å². The number of amides is 1. The van der Waals surface area contributed by atoms with Crippen molar-refractivity contribution in [1.82, 2.24) is 29.9 Å². The van der Waals surface area contributed by atoms with E-state index in [1.807, 2.05) is 60.8 Å². The third-order valence-corrected chi connectivity index (χ3v) is 6.32.